The van der Waals surface area contributed by atoms with Crippen LogP contribution in [-0.2, 0) is 4.79 Å². The Morgan fingerprint density at radius 1 is 1.41 bits per heavy atom. The molecule has 2 N–H and O–H groups in total. The zero-order chi connectivity index (χ0) is 15.8. The number of nitrogens with one attached hydrogen (secondary N) is 2. The predicted molar refractivity (Wildman–Crippen MR) is 92.4 cm³/mol. The third-order valence-electron chi connectivity index (χ3n) is 3.51. The van der Waals surface area contributed by atoms with Gasteiger partial charge in [0.15, 0.2) is 5.11 Å². The summed E-state index contributed by atoms with van der Waals surface area (Å²) >= 11 is 5.11. The Kier molecular flexibility index (Phi) is 6.40. The van der Waals surface area contributed by atoms with E-state index in [1.54, 1.807) is 6.08 Å². The van der Waals surface area contributed by atoms with Crippen LogP contribution in [0, 0.1) is 6.92 Å². The third-order valence-corrected chi connectivity index (χ3v) is 3.76. The van der Waals surface area contributed by atoms with Gasteiger partial charge in [0.05, 0.1) is 0 Å². The summed E-state index contributed by atoms with van der Waals surface area (Å²) in [6, 6.07) is 3.66. The van der Waals surface area contributed by atoms with Crippen molar-refractivity contribution in [1.82, 2.24) is 10.6 Å². The van der Waals surface area contributed by atoms with Crippen LogP contribution in [-0.4, -0.2) is 17.6 Å². The predicted octanol–water partition coefficient (Wildman–Crippen LogP) is 3.48. The number of furan rings is 1. The first-order valence-corrected chi connectivity index (χ1v) is 8.05. The Balaban J connectivity index is 1.66. The van der Waals surface area contributed by atoms with E-state index in [4.69, 9.17) is 16.6 Å². The number of allylic oxidation sites excluding steroid dienone is 1. The minimum Gasteiger partial charge on any atom is -0.462 e. The Labute approximate surface area is 136 Å². The molecule has 1 amide bonds. The van der Waals surface area contributed by atoms with Crippen LogP contribution < -0.4 is 10.6 Å². The molecule has 0 bridgehead atoms. The average molecular weight is 318 g/mol. The van der Waals surface area contributed by atoms with E-state index < -0.39 is 0 Å². The van der Waals surface area contributed by atoms with Gasteiger partial charge in [0.1, 0.15) is 11.5 Å². The van der Waals surface area contributed by atoms with Gasteiger partial charge in [-0.05, 0) is 69.5 Å². The zero-order valence-corrected chi connectivity index (χ0v) is 13.7. The Morgan fingerprint density at radius 2 is 2.27 bits per heavy atom. The number of amides is 1. The second-order valence-corrected chi connectivity index (χ2v) is 5.79. The molecular formula is C17H22N2O2S. The van der Waals surface area contributed by atoms with E-state index in [9.17, 15) is 4.79 Å². The van der Waals surface area contributed by atoms with Crippen LogP contribution in [0.15, 0.2) is 34.3 Å². The standard InChI is InChI=1S/C17H22N2O2S/c1-13-7-8-15(21-13)9-10-16(20)19-17(22)18-12-11-14-5-3-2-4-6-14/h5,7-10H,2-4,6,11-12H2,1H3,(H2,18,19,20,22)/b10-9+. The van der Waals surface area contributed by atoms with Crippen molar-refractivity contribution in [1.29, 1.82) is 0 Å². The summed E-state index contributed by atoms with van der Waals surface area (Å²) in [6.45, 7) is 2.62. The third kappa shape index (κ3) is 5.85. The molecule has 0 radical (unpaired) electrons. The summed E-state index contributed by atoms with van der Waals surface area (Å²) in [5, 5.41) is 6.06. The highest BCUT2D eigenvalue weighted by Crippen LogP contribution is 2.19. The molecule has 1 aromatic rings. The smallest absolute Gasteiger partial charge is 0.250 e. The molecule has 0 saturated carbocycles. The first-order chi connectivity index (χ1) is 10.6. The fraction of sp³-hybridized carbons (Fsp3) is 0.412. The normalized spacial score (nSPS) is 14.7. The number of carbonyl (C=O) groups is 1. The molecule has 0 fully saturated rings. The minimum atomic E-state index is -0.261. The molecule has 0 aliphatic heterocycles. The summed E-state index contributed by atoms with van der Waals surface area (Å²) in [7, 11) is 0. The number of thiocarbonyl (C=S) groups is 1. The average Bonchev–Trinajstić information content (AvgIpc) is 2.92. The van der Waals surface area contributed by atoms with Crippen molar-refractivity contribution in [3.8, 4) is 0 Å². The van der Waals surface area contributed by atoms with E-state index in [1.165, 1.54) is 37.3 Å². The molecule has 5 heteroatoms. The fourth-order valence-corrected chi connectivity index (χ4v) is 2.57. The Morgan fingerprint density at radius 3 is 2.95 bits per heavy atom. The van der Waals surface area contributed by atoms with Gasteiger partial charge in [0.25, 0.3) is 0 Å². The number of hydrogen-bond acceptors (Lipinski definition) is 3. The van der Waals surface area contributed by atoms with Crippen molar-refractivity contribution < 1.29 is 9.21 Å². The summed E-state index contributed by atoms with van der Waals surface area (Å²) < 4.78 is 5.35. The zero-order valence-electron chi connectivity index (χ0n) is 12.9. The number of hydrogen-bond donors (Lipinski definition) is 2. The van der Waals surface area contributed by atoms with Crippen molar-refractivity contribution in [2.24, 2.45) is 0 Å². The summed E-state index contributed by atoms with van der Waals surface area (Å²) in [5.41, 5.74) is 1.49. The van der Waals surface area contributed by atoms with Crippen molar-refractivity contribution in [2.45, 2.75) is 39.0 Å². The van der Waals surface area contributed by atoms with Crippen LogP contribution in [0.4, 0.5) is 0 Å². The molecule has 1 aliphatic carbocycles. The molecule has 4 nitrogen and oxygen atoms in total. The topological polar surface area (TPSA) is 54.3 Å². The quantitative estimate of drug-likeness (QED) is 0.496. The van der Waals surface area contributed by atoms with Crippen molar-refractivity contribution in [3.05, 3.63) is 41.4 Å². The van der Waals surface area contributed by atoms with E-state index in [1.807, 2.05) is 19.1 Å². The lowest BCUT2D eigenvalue weighted by Crippen LogP contribution is -2.38. The highest BCUT2D eigenvalue weighted by atomic mass is 32.1. The second kappa shape index (κ2) is 8.54. The molecule has 0 aromatic carbocycles. The van der Waals surface area contributed by atoms with Gasteiger partial charge in [-0.1, -0.05) is 11.6 Å². The molecule has 0 spiro atoms. The lowest BCUT2D eigenvalue weighted by atomic mass is 9.97. The monoisotopic (exact) mass is 318 g/mol. The fourth-order valence-electron chi connectivity index (χ4n) is 2.37. The van der Waals surface area contributed by atoms with Gasteiger partial charge in [-0.3, -0.25) is 10.1 Å². The van der Waals surface area contributed by atoms with Crippen molar-refractivity contribution >= 4 is 29.3 Å². The van der Waals surface area contributed by atoms with Crippen LogP contribution in [0.2, 0.25) is 0 Å². The van der Waals surface area contributed by atoms with Gasteiger partial charge in [-0.25, -0.2) is 0 Å². The molecule has 22 heavy (non-hydrogen) atoms. The van der Waals surface area contributed by atoms with Crippen LogP contribution in [0.5, 0.6) is 0 Å². The molecule has 118 valence electrons. The molecule has 2 rings (SSSR count). The van der Waals surface area contributed by atoms with Crippen LogP contribution >= 0.6 is 12.2 Å². The second-order valence-electron chi connectivity index (χ2n) is 5.39. The number of rotatable bonds is 5. The number of carbonyl (C=O) groups excluding carboxylic acids is 1. The maximum absolute atomic E-state index is 11.7. The summed E-state index contributed by atoms with van der Waals surface area (Å²) in [5.74, 6) is 1.20. The maximum Gasteiger partial charge on any atom is 0.250 e. The van der Waals surface area contributed by atoms with Crippen molar-refractivity contribution in [3.63, 3.8) is 0 Å². The van der Waals surface area contributed by atoms with Gasteiger partial charge >= 0.3 is 0 Å². The molecule has 0 unspecified atom stereocenters. The van der Waals surface area contributed by atoms with E-state index >= 15 is 0 Å². The Bertz CT molecular complexity index is 587. The van der Waals surface area contributed by atoms with Gasteiger partial charge in [0, 0.05) is 12.6 Å². The van der Waals surface area contributed by atoms with E-state index in [0.717, 1.165) is 18.7 Å². The summed E-state index contributed by atoms with van der Waals surface area (Å²) in [6.07, 6.45) is 11.3. The number of aryl methyl sites for hydroxylation is 1. The molecule has 1 heterocycles. The molecule has 0 saturated heterocycles. The molecule has 1 aromatic heterocycles. The van der Waals surface area contributed by atoms with Crippen LogP contribution in [0.3, 0.4) is 0 Å². The molecular weight excluding hydrogens is 296 g/mol. The van der Waals surface area contributed by atoms with Crippen molar-refractivity contribution in [2.75, 3.05) is 6.54 Å². The molecule has 0 atom stereocenters. The summed E-state index contributed by atoms with van der Waals surface area (Å²) in [4.78, 5) is 11.7. The lowest BCUT2D eigenvalue weighted by molar-refractivity contribution is -0.115. The minimum absolute atomic E-state index is 0.261. The van der Waals surface area contributed by atoms with E-state index in [0.29, 0.717) is 10.9 Å². The lowest BCUT2D eigenvalue weighted by Gasteiger charge is -2.13. The van der Waals surface area contributed by atoms with Gasteiger partial charge in [-0.2, -0.15) is 0 Å². The van der Waals surface area contributed by atoms with E-state index in [2.05, 4.69) is 16.7 Å². The Hall–Kier alpha value is -1.88. The SMILES string of the molecule is Cc1ccc(/C=C/C(=O)NC(=S)NCCC2=CCCCC2)o1. The largest absolute Gasteiger partial charge is 0.462 e. The first kappa shape index (κ1) is 16.5. The van der Waals surface area contributed by atoms with E-state index in [-0.39, 0.29) is 5.91 Å². The highest BCUT2D eigenvalue weighted by molar-refractivity contribution is 7.80. The maximum atomic E-state index is 11.7. The first-order valence-electron chi connectivity index (χ1n) is 7.65. The van der Waals surface area contributed by atoms with Crippen LogP contribution in [0.1, 0.15) is 43.6 Å². The van der Waals surface area contributed by atoms with Crippen LogP contribution in [0.25, 0.3) is 6.08 Å². The van der Waals surface area contributed by atoms with Gasteiger partial charge in [0.2, 0.25) is 5.91 Å². The van der Waals surface area contributed by atoms with Gasteiger partial charge in [-0.15, -0.1) is 0 Å². The molecule has 1 aliphatic rings. The highest BCUT2D eigenvalue weighted by Gasteiger charge is 2.05. The van der Waals surface area contributed by atoms with Gasteiger partial charge < -0.3 is 9.73 Å².